The number of hydrogen-bond acceptors (Lipinski definition) is 3. The zero-order valence-electron chi connectivity index (χ0n) is 14.7. The molecule has 2 N–H and O–H groups in total. The van der Waals surface area contributed by atoms with Gasteiger partial charge in [-0.05, 0) is 30.7 Å². The van der Waals surface area contributed by atoms with Gasteiger partial charge in [-0.25, -0.2) is 4.98 Å². The van der Waals surface area contributed by atoms with Gasteiger partial charge in [0, 0.05) is 35.3 Å². The minimum Gasteiger partial charge on any atom is -0.446 e. The molecule has 0 aliphatic rings. The predicted molar refractivity (Wildman–Crippen MR) is 102 cm³/mol. The van der Waals surface area contributed by atoms with Crippen LogP contribution >= 0.6 is 0 Å². The van der Waals surface area contributed by atoms with Crippen molar-refractivity contribution in [2.75, 3.05) is 5.32 Å². The molecule has 5 nitrogen and oxygen atoms in total. The van der Waals surface area contributed by atoms with Crippen LogP contribution in [0.5, 0.6) is 0 Å². The van der Waals surface area contributed by atoms with Crippen molar-refractivity contribution in [2.45, 2.75) is 20.3 Å². The molecule has 0 aliphatic carbocycles. The number of H-pyrrole nitrogens is 1. The molecule has 1 amide bonds. The average molecular weight is 345 g/mol. The maximum Gasteiger partial charge on any atom is 0.228 e. The zero-order chi connectivity index (χ0) is 18.1. The molecule has 0 spiro atoms. The Labute approximate surface area is 151 Å². The van der Waals surface area contributed by atoms with Crippen molar-refractivity contribution in [3.8, 4) is 11.3 Å². The highest BCUT2D eigenvalue weighted by Crippen LogP contribution is 2.25. The van der Waals surface area contributed by atoms with Crippen LogP contribution in [0.4, 0.5) is 5.69 Å². The number of aromatic amines is 1. The van der Waals surface area contributed by atoms with E-state index in [4.69, 9.17) is 4.42 Å². The second-order valence-corrected chi connectivity index (χ2v) is 6.30. The molecule has 0 unspecified atom stereocenters. The monoisotopic (exact) mass is 345 g/mol. The van der Waals surface area contributed by atoms with Gasteiger partial charge < -0.3 is 14.7 Å². The molecule has 0 aliphatic heterocycles. The van der Waals surface area contributed by atoms with Crippen molar-refractivity contribution < 1.29 is 9.21 Å². The van der Waals surface area contributed by atoms with E-state index in [1.807, 2.05) is 68.6 Å². The first kappa shape index (κ1) is 16.1. The number of nitrogens with zero attached hydrogens (tertiary/aromatic N) is 1. The van der Waals surface area contributed by atoms with E-state index in [-0.39, 0.29) is 5.91 Å². The molecule has 2 heterocycles. The number of oxazole rings is 1. The van der Waals surface area contributed by atoms with Gasteiger partial charge in [0.2, 0.25) is 5.91 Å². The number of benzene rings is 2. The van der Waals surface area contributed by atoms with Crippen LogP contribution in [0, 0.1) is 13.8 Å². The summed E-state index contributed by atoms with van der Waals surface area (Å²) in [5.41, 5.74) is 4.59. The largest absolute Gasteiger partial charge is 0.446 e. The maximum absolute atomic E-state index is 12.4. The normalized spacial score (nSPS) is 11.0. The molecular weight excluding hydrogens is 326 g/mol. The Morgan fingerprint density at radius 3 is 2.62 bits per heavy atom. The summed E-state index contributed by atoms with van der Waals surface area (Å²) in [6.45, 7) is 3.72. The number of aryl methyl sites for hydroxylation is 2. The number of para-hydroxylation sites is 1. The van der Waals surface area contributed by atoms with E-state index in [1.54, 1.807) is 0 Å². The van der Waals surface area contributed by atoms with Crippen molar-refractivity contribution in [1.82, 2.24) is 9.97 Å². The Hall–Kier alpha value is -3.34. The lowest BCUT2D eigenvalue weighted by atomic mass is 10.1. The van der Waals surface area contributed by atoms with Crippen LogP contribution in [0.3, 0.4) is 0 Å². The number of rotatable bonds is 4. The van der Waals surface area contributed by atoms with Crippen molar-refractivity contribution in [3.05, 3.63) is 71.9 Å². The van der Waals surface area contributed by atoms with E-state index in [9.17, 15) is 4.79 Å². The summed E-state index contributed by atoms with van der Waals surface area (Å²) in [4.78, 5) is 20.0. The first-order valence-corrected chi connectivity index (χ1v) is 8.49. The standard InChI is InChI=1S/C21H19N3O2/c1-13-21(23-14(2)26-13)15-7-9-17(10-8-15)24-20(25)11-16-12-22-19-6-4-3-5-18(16)19/h3-10,12,22H,11H2,1-2H3,(H,24,25). The fourth-order valence-corrected chi connectivity index (χ4v) is 3.16. The van der Waals surface area contributed by atoms with E-state index in [1.165, 1.54) is 0 Å². The molecule has 5 heteroatoms. The second-order valence-electron chi connectivity index (χ2n) is 6.30. The Morgan fingerprint density at radius 2 is 1.88 bits per heavy atom. The number of amides is 1. The Balaban J connectivity index is 1.47. The molecule has 0 fully saturated rings. The smallest absolute Gasteiger partial charge is 0.228 e. The summed E-state index contributed by atoms with van der Waals surface area (Å²) in [6.07, 6.45) is 2.22. The summed E-state index contributed by atoms with van der Waals surface area (Å²) < 4.78 is 5.47. The quantitative estimate of drug-likeness (QED) is 0.567. The molecule has 130 valence electrons. The minimum absolute atomic E-state index is 0.0454. The van der Waals surface area contributed by atoms with Gasteiger partial charge in [0.05, 0.1) is 6.42 Å². The van der Waals surface area contributed by atoms with Crippen LogP contribution in [0.25, 0.3) is 22.2 Å². The molecule has 0 atom stereocenters. The molecule has 0 saturated carbocycles. The highest BCUT2D eigenvalue weighted by molar-refractivity contribution is 5.95. The molecule has 0 bridgehead atoms. The van der Waals surface area contributed by atoms with Crippen LogP contribution in [0.1, 0.15) is 17.2 Å². The number of anilines is 1. The van der Waals surface area contributed by atoms with Gasteiger partial charge in [0.25, 0.3) is 0 Å². The molecule has 0 radical (unpaired) electrons. The molecule has 4 rings (SSSR count). The number of nitrogens with one attached hydrogen (secondary N) is 2. The number of carbonyl (C=O) groups excluding carboxylic acids is 1. The number of hydrogen-bond donors (Lipinski definition) is 2. The number of carbonyl (C=O) groups is 1. The minimum atomic E-state index is -0.0454. The van der Waals surface area contributed by atoms with Gasteiger partial charge in [-0.15, -0.1) is 0 Å². The summed E-state index contributed by atoms with van der Waals surface area (Å²) in [6, 6.07) is 15.6. The van der Waals surface area contributed by atoms with Gasteiger partial charge in [0.1, 0.15) is 11.5 Å². The van der Waals surface area contributed by atoms with Crippen molar-refractivity contribution >= 4 is 22.5 Å². The highest BCUT2D eigenvalue weighted by Gasteiger charge is 2.11. The molecular formula is C21H19N3O2. The summed E-state index contributed by atoms with van der Waals surface area (Å²) in [7, 11) is 0. The lowest BCUT2D eigenvalue weighted by Crippen LogP contribution is -2.14. The van der Waals surface area contributed by atoms with Gasteiger partial charge in [-0.2, -0.15) is 0 Å². The van der Waals surface area contributed by atoms with Gasteiger partial charge in [0.15, 0.2) is 5.89 Å². The van der Waals surface area contributed by atoms with E-state index in [2.05, 4.69) is 15.3 Å². The van der Waals surface area contributed by atoms with Crippen LogP contribution < -0.4 is 5.32 Å². The number of fused-ring (bicyclic) bond motifs is 1. The fraction of sp³-hybridized carbons (Fsp3) is 0.143. The van der Waals surface area contributed by atoms with E-state index < -0.39 is 0 Å². The lowest BCUT2D eigenvalue weighted by Gasteiger charge is -2.06. The third kappa shape index (κ3) is 3.11. The summed E-state index contributed by atoms with van der Waals surface area (Å²) in [5.74, 6) is 1.39. The Kier molecular flexibility index (Phi) is 4.05. The first-order valence-electron chi connectivity index (χ1n) is 8.49. The summed E-state index contributed by atoms with van der Waals surface area (Å²) in [5, 5.41) is 4.03. The van der Waals surface area contributed by atoms with Crippen molar-refractivity contribution in [2.24, 2.45) is 0 Å². The van der Waals surface area contributed by atoms with Crippen molar-refractivity contribution in [3.63, 3.8) is 0 Å². The van der Waals surface area contributed by atoms with Crippen molar-refractivity contribution in [1.29, 1.82) is 0 Å². The summed E-state index contributed by atoms with van der Waals surface area (Å²) >= 11 is 0. The maximum atomic E-state index is 12.4. The third-order valence-electron chi connectivity index (χ3n) is 4.37. The fourth-order valence-electron chi connectivity index (χ4n) is 3.16. The molecule has 26 heavy (non-hydrogen) atoms. The van der Waals surface area contributed by atoms with Gasteiger partial charge in [-0.3, -0.25) is 4.79 Å². The van der Waals surface area contributed by atoms with Crippen LogP contribution in [-0.2, 0) is 11.2 Å². The molecule has 0 saturated heterocycles. The van der Waals surface area contributed by atoms with Crippen LogP contribution in [0.15, 0.2) is 59.1 Å². The molecule has 2 aromatic heterocycles. The third-order valence-corrected chi connectivity index (χ3v) is 4.37. The van der Waals surface area contributed by atoms with E-state index in [0.29, 0.717) is 12.3 Å². The topological polar surface area (TPSA) is 70.9 Å². The zero-order valence-corrected chi connectivity index (χ0v) is 14.7. The van der Waals surface area contributed by atoms with E-state index >= 15 is 0 Å². The average Bonchev–Trinajstić information content (AvgIpc) is 3.18. The molecule has 4 aromatic rings. The lowest BCUT2D eigenvalue weighted by molar-refractivity contribution is -0.115. The highest BCUT2D eigenvalue weighted by atomic mass is 16.4. The SMILES string of the molecule is Cc1nc(-c2ccc(NC(=O)Cc3c[nH]c4ccccc34)cc2)c(C)o1. The van der Waals surface area contributed by atoms with Crippen LogP contribution in [0.2, 0.25) is 0 Å². The second kappa shape index (κ2) is 6.52. The Bertz CT molecular complexity index is 1070. The predicted octanol–water partition coefficient (Wildman–Crippen LogP) is 4.62. The van der Waals surface area contributed by atoms with Gasteiger partial charge in [-0.1, -0.05) is 30.3 Å². The van der Waals surface area contributed by atoms with E-state index in [0.717, 1.165) is 39.2 Å². The Morgan fingerprint density at radius 1 is 1.12 bits per heavy atom. The number of aromatic nitrogens is 2. The van der Waals surface area contributed by atoms with Crippen LogP contribution in [-0.4, -0.2) is 15.9 Å². The first-order chi connectivity index (χ1) is 12.6. The van der Waals surface area contributed by atoms with Gasteiger partial charge >= 0.3 is 0 Å². The molecule has 2 aromatic carbocycles.